The molecule has 0 aliphatic carbocycles. The standard InChI is InChI=1S/C66H112NO8P/c1-6-8-10-12-14-16-18-20-22-24-26-28-30-32-33-35-37-39-41-43-45-47-49-51-53-55-57-59-66(69)75-64(63-74-76(70,71)73-61-60-67(3,4)5)62-72-65(68)58-56-54-52-50-48-46-44-42-40-38-36-34-31-29-27-25-23-21-19-17-15-13-11-9-7-2/h8-11,14-17,20-23,26-29,32-34,36,64H,6-7,12-13,18-19,24-25,30-31,35,37-63H2,1-5H3/b10-8-,11-9-,16-14-,17-15-,22-20-,23-21-,28-26-,29-27-,33-32-,36-34-. The molecule has 2 atom stereocenters. The van der Waals surface area contributed by atoms with Crippen LogP contribution in [0.2, 0.25) is 0 Å². The molecule has 0 aliphatic rings. The molecule has 0 aromatic heterocycles. The summed E-state index contributed by atoms with van der Waals surface area (Å²) in [5, 5.41) is 0. The maximum atomic E-state index is 12.8. The number of rotatable bonds is 54. The van der Waals surface area contributed by atoms with Gasteiger partial charge < -0.3 is 27.9 Å². The first-order valence-electron chi connectivity index (χ1n) is 30.2. The number of phosphoric acid groups is 1. The summed E-state index contributed by atoms with van der Waals surface area (Å²) in [5.74, 6) is -0.849. The van der Waals surface area contributed by atoms with Gasteiger partial charge in [0, 0.05) is 12.8 Å². The largest absolute Gasteiger partial charge is 0.756 e. The van der Waals surface area contributed by atoms with Crippen molar-refractivity contribution in [3.63, 3.8) is 0 Å². The van der Waals surface area contributed by atoms with E-state index in [-0.39, 0.29) is 26.1 Å². The first-order chi connectivity index (χ1) is 37.0. The lowest BCUT2D eigenvalue weighted by Gasteiger charge is -2.28. The van der Waals surface area contributed by atoms with Gasteiger partial charge in [0.15, 0.2) is 6.10 Å². The normalized spacial score (nSPS) is 14.1. The number of carbonyl (C=O) groups excluding carboxylic acids is 2. The first-order valence-corrected chi connectivity index (χ1v) is 31.7. The van der Waals surface area contributed by atoms with Crippen molar-refractivity contribution in [2.24, 2.45) is 0 Å². The molecule has 0 bridgehead atoms. The van der Waals surface area contributed by atoms with Crippen LogP contribution in [0.25, 0.3) is 0 Å². The fourth-order valence-electron chi connectivity index (χ4n) is 7.89. The van der Waals surface area contributed by atoms with E-state index in [1.165, 1.54) is 77.0 Å². The third-order valence-electron chi connectivity index (χ3n) is 12.5. The van der Waals surface area contributed by atoms with Gasteiger partial charge in [-0.3, -0.25) is 14.2 Å². The first kappa shape index (κ1) is 72.4. The van der Waals surface area contributed by atoms with Gasteiger partial charge in [0.05, 0.1) is 27.7 Å². The molecule has 0 heterocycles. The van der Waals surface area contributed by atoms with Crippen LogP contribution in [0.4, 0.5) is 0 Å². The zero-order valence-electron chi connectivity index (χ0n) is 49.2. The molecule has 0 aliphatic heterocycles. The summed E-state index contributed by atoms with van der Waals surface area (Å²) in [6.07, 6.45) is 79.5. The van der Waals surface area contributed by atoms with Gasteiger partial charge in [-0.2, -0.15) is 0 Å². The van der Waals surface area contributed by atoms with Crippen molar-refractivity contribution in [3.8, 4) is 0 Å². The Morgan fingerprint density at radius 2 is 0.711 bits per heavy atom. The highest BCUT2D eigenvalue weighted by atomic mass is 31.2. The SMILES string of the molecule is CC/C=C\C/C=C\C/C=C\C/C=C\C/C=C\CCCCCCCCCCCCCC(=O)OC(COC(=O)CCCCCCCCCCC/C=C\C/C=C\C/C=C\C/C=C\C/C=C\CC)COP(=O)([O-])OCC[N+](C)(C)C. The Bertz CT molecular complexity index is 1700. The van der Waals surface area contributed by atoms with Gasteiger partial charge in [0.25, 0.3) is 7.82 Å². The summed E-state index contributed by atoms with van der Waals surface area (Å²) in [5.41, 5.74) is 0. The summed E-state index contributed by atoms with van der Waals surface area (Å²) in [7, 11) is 1.15. The Labute approximate surface area is 467 Å². The highest BCUT2D eigenvalue weighted by Gasteiger charge is 2.22. The molecule has 10 heteroatoms. The van der Waals surface area contributed by atoms with Crippen LogP contribution in [-0.4, -0.2) is 70.0 Å². The number of likely N-dealkylation sites (N-methyl/N-ethyl adjacent to an activating group) is 1. The maximum absolute atomic E-state index is 12.8. The molecule has 0 rings (SSSR count). The van der Waals surface area contributed by atoms with E-state index in [9.17, 15) is 19.0 Å². The van der Waals surface area contributed by atoms with E-state index >= 15 is 0 Å². The highest BCUT2D eigenvalue weighted by molar-refractivity contribution is 7.45. The zero-order chi connectivity index (χ0) is 55.6. The molecular weight excluding hydrogens is 966 g/mol. The van der Waals surface area contributed by atoms with Crippen molar-refractivity contribution in [2.45, 2.75) is 238 Å². The van der Waals surface area contributed by atoms with Crippen molar-refractivity contribution in [1.82, 2.24) is 0 Å². The Kier molecular flexibility index (Phi) is 53.5. The topological polar surface area (TPSA) is 111 Å². The number of unbranched alkanes of at least 4 members (excludes halogenated alkanes) is 20. The van der Waals surface area contributed by atoms with Gasteiger partial charge in [-0.05, 0) is 103 Å². The summed E-state index contributed by atoms with van der Waals surface area (Å²) in [6.45, 7) is 4.00. The van der Waals surface area contributed by atoms with E-state index in [2.05, 4.69) is 135 Å². The number of hydrogen-bond donors (Lipinski definition) is 0. The number of hydrogen-bond acceptors (Lipinski definition) is 8. The molecule has 9 nitrogen and oxygen atoms in total. The van der Waals surface area contributed by atoms with Crippen LogP contribution >= 0.6 is 7.82 Å². The highest BCUT2D eigenvalue weighted by Crippen LogP contribution is 2.38. The summed E-state index contributed by atoms with van der Waals surface area (Å²) >= 11 is 0. The second-order valence-corrected chi connectivity index (χ2v) is 22.4. The van der Waals surface area contributed by atoms with E-state index in [0.29, 0.717) is 17.4 Å². The van der Waals surface area contributed by atoms with Crippen LogP contribution in [0.1, 0.15) is 232 Å². The third kappa shape index (κ3) is 59.7. The predicted molar refractivity (Wildman–Crippen MR) is 323 cm³/mol. The van der Waals surface area contributed by atoms with Crippen LogP contribution in [-0.2, 0) is 32.7 Å². The molecule has 0 saturated carbocycles. The molecule has 0 radical (unpaired) electrons. The van der Waals surface area contributed by atoms with Gasteiger partial charge in [-0.15, -0.1) is 0 Å². The number of ether oxygens (including phenoxy) is 2. The van der Waals surface area contributed by atoms with Gasteiger partial charge in [-0.25, -0.2) is 0 Å². The van der Waals surface area contributed by atoms with Gasteiger partial charge in [0.1, 0.15) is 19.8 Å². The number of nitrogens with zero attached hydrogens (tertiary/aromatic N) is 1. The minimum Gasteiger partial charge on any atom is -0.756 e. The smallest absolute Gasteiger partial charge is 0.306 e. The van der Waals surface area contributed by atoms with Crippen molar-refractivity contribution >= 4 is 19.8 Å². The molecule has 0 fully saturated rings. The van der Waals surface area contributed by atoms with Crippen molar-refractivity contribution < 1.29 is 42.1 Å². The lowest BCUT2D eigenvalue weighted by atomic mass is 10.0. The third-order valence-corrected chi connectivity index (χ3v) is 13.4. The van der Waals surface area contributed by atoms with E-state index in [4.69, 9.17) is 18.5 Å². The van der Waals surface area contributed by atoms with Gasteiger partial charge in [0.2, 0.25) is 0 Å². The second kappa shape index (κ2) is 56.1. The molecule has 0 amide bonds. The number of carbonyl (C=O) groups is 2. The minimum absolute atomic E-state index is 0.0386. The Balaban J connectivity index is 4.19. The predicted octanol–water partition coefficient (Wildman–Crippen LogP) is 18.5. The Hall–Kier alpha value is -3.59. The summed E-state index contributed by atoms with van der Waals surface area (Å²) < 4.78 is 34.2. The fourth-order valence-corrected chi connectivity index (χ4v) is 8.61. The molecule has 0 spiro atoms. The fraction of sp³-hybridized carbons (Fsp3) is 0.667. The van der Waals surface area contributed by atoms with E-state index in [0.717, 1.165) is 122 Å². The number of quaternary nitrogens is 1. The molecule has 76 heavy (non-hydrogen) atoms. The lowest BCUT2D eigenvalue weighted by Crippen LogP contribution is -2.37. The maximum Gasteiger partial charge on any atom is 0.306 e. The van der Waals surface area contributed by atoms with Crippen LogP contribution < -0.4 is 4.89 Å². The van der Waals surface area contributed by atoms with Gasteiger partial charge >= 0.3 is 11.9 Å². The number of allylic oxidation sites excluding steroid dienone is 20. The molecule has 0 aromatic rings. The molecule has 0 aromatic carbocycles. The van der Waals surface area contributed by atoms with Crippen molar-refractivity contribution in [3.05, 3.63) is 122 Å². The zero-order valence-corrected chi connectivity index (χ0v) is 50.0. The van der Waals surface area contributed by atoms with Crippen LogP contribution in [0.15, 0.2) is 122 Å². The number of esters is 2. The molecule has 0 saturated heterocycles. The second-order valence-electron chi connectivity index (χ2n) is 20.9. The van der Waals surface area contributed by atoms with E-state index < -0.39 is 32.5 Å². The monoisotopic (exact) mass is 1080 g/mol. The number of phosphoric ester groups is 1. The van der Waals surface area contributed by atoms with E-state index in [1.807, 2.05) is 21.1 Å². The molecule has 434 valence electrons. The van der Waals surface area contributed by atoms with Gasteiger partial charge in [-0.1, -0.05) is 238 Å². The average molecular weight is 1080 g/mol. The summed E-state index contributed by atoms with van der Waals surface area (Å²) in [6, 6.07) is 0. The Morgan fingerprint density at radius 3 is 1.05 bits per heavy atom. The molecule has 0 N–H and O–H groups in total. The molecular formula is C66H112NO8P. The summed E-state index contributed by atoms with van der Waals surface area (Å²) in [4.78, 5) is 37.9. The quantitative estimate of drug-likeness (QED) is 0.0195. The van der Waals surface area contributed by atoms with Crippen molar-refractivity contribution in [1.29, 1.82) is 0 Å². The van der Waals surface area contributed by atoms with Crippen LogP contribution in [0.5, 0.6) is 0 Å². The Morgan fingerprint density at radius 1 is 0.408 bits per heavy atom. The average Bonchev–Trinajstić information content (AvgIpc) is 3.38. The minimum atomic E-state index is -4.65. The van der Waals surface area contributed by atoms with E-state index in [1.54, 1.807) is 0 Å². The van der Waals surface area contributed by atoms with Crippen LogP contribution in [0.3, 0.4) is 0 Å². The molecule has 2 unspecified atom stereocenters. The van der Waals surface area contributed by atoms with Crippen molar-refractivity contribution in [2.75, 3.05) is 47.5 Å². The lowest BCUT2D eigenvalue weighted by molar-refractivity contribution is -0.870. The van der Waals surface area contributed by atoms with Crippen LogP contribution in [0, 0.1) is 0 Å².